The van der Waals surface area contributed by atoms with E-state index in [0.717, 1.165) is 25.3 Å². The van der Waals surface area contributed by atoms with Crippen molar-refractivity contribution in [2.75, 3.05) is 0 Å². The number of carboxylic acid groups (broad SMARTS) is 1. The molecule has 0 radical (unpaired) electrons. The summed E-state index contributed by atoms with van der Waals surface area (Å²) in [5.41, 5.74) is 9.44. The van der Waals surface area contributed by atoms with Gasteiger partial charge in [-0.05, 0) is 30.0 Å². The molecule has 2 aromatic rings. The van der Waals surface area contributed by atoms with Crippen LogP contribution in [0.5, 0.6) is 0 Å². The van der Waals surface area contributed by atoms with Crippen molar-refractivity contribution in [2.24, 2.45) is 12.8 Å². The lowest BCUT2D eigenvalue weighted by Gasteiger charge is -2.17. The number of aliphatic hydroxyl groups excluding tert-OH is 1. The highest BCUT2D eigenvalue weighted by molar-refractivity contribution is 5.88. The van der Waals surface area contributed by atoms with Crippen LogP contribution in [0.3, 0.4) is 0 Å². The summed E-state index contributed by atoms with van der Waals surface area (Å²) in [7, 11) is 2.05. The predicted molar refractivity (Wildman–Crippen MR) is 77.5 cm³/mol. The zero-order valence-corrected chi connectivity index (χ0v) is 11.7. The average molecular weight is 276 g/mol. The van der Waals surface area contributed by atoms with E-state index < -0.39 is 12.1 Å². The topological polar surface area (TPSA) is 88.5 Å². The van der Waals surface area contributed by atoms with Crippen LogP contribution in [0.25, 0.3) is 10.9 Å². The molecule has 2 atom stereocenters. The van der Waals surface area contributed by atoms with Gasteiger partial charge in [-0.3, -0.25) is 4.79 Å². The molecule has 0 amide bonds. The number of aliphatic carboxylic acids is 1. The van der Waals surface area contributed by atoms with Crippen molar-refractivity contribution in [1.82, 2.24) is 4.57 Å². The van der Waals surface area contributed by atoms with Crippen LogP contribution in [0.1, 0.15) is 30.6 Å². The number of nitrogens with two attached hydrogens (primary N) is 1. The average Bonchev–Trinajstić information content (AvgIpc) is 2.65. The van der Waals surface area contributed by atoms with E-state index in [2.05, 4.69) is 16.8 Å². The third kappa shape index (κ3) is 2.69. The van der Waals surface area contributed by atoms with Crippen LogP contribution in [0.4, 0.5) is 0 Å². The number of nitrogens with zero attached hydrogens (tertiary/aromatic N) is 1. The lowest BCUT2D eigenvalue weighted by Crippen LogP contribution is -2.27. The molecule has 1 aromatic carbocycles. The first-order chi connectivity index (χ1) is 9.41. The van der Waals surface area contributed by atoms with E-state index in [1.54, 1.807) is 0 Å². The largest absolute Gasteiger partial charge is 0.481 e. The van der Waals surface area contributed by atoms with Crippen molar-refractivity contribution < 1.29 is 15.0 Å². The Hall–Kier alpha value is -1.85. The summed E-state index contributed by atoms with van der Waals surface area (Å²) in [6.45, 7) is 1.08. The second-order valence-corrected chi connectivity index (χ2v) is 5.17. The maximum atomic E-state index is 10.2. The van der Waals surface area contributed by atoms with E-state index in [9.17, 15) is 5.11 Å². The fraction of sp³-hybridized carbons (Fsp3) is 0.400. The molecule has 0 aliphatic heterocycles. The van der Waals surface area contributed by atoms with E-state index in [1.165, 1.54) is 16.5 Å². The molecule has 0 unspecified atom stereocenters. The fourth-order valence-corrected chi connectivity index (χ4v) is 2.72. The maximum Gasteiger partial charge on any atom is 0.300 e. The van der Waals surface area contributed by atoms with Gasteiger partial charge in [-0.1, -0.05) is 12.1 Å². The number of benzene rings is 1. The maximum absolute atomic E-state index is 10.2. The number of rotatable bonds is 0. The number of hydrogen-bond acceptors (Lipinski definition) is 3. The molecule has 5 heteroatoms. The molecule has 108 valence electrons. The number of hydrogen-bond donors (Lipinski definition) is 3. The molecule has 1 aliphatic rings. The Morgan fingerprint density at radius 3 is 2.75 bits per heavy atom. The van der Waals surface area contributed by atoms with Gasteiger partial charge in [-0.2, -0.15) is 0 Å². The minimum Gasteiger partial charge on any atom is -0.481 e. The van der Waals surface area contributed by atoms with E-state index in [4.69, 9.17) is 15.6 Å². The Bertz CT molecular complexity index is 629. The quantitative estimate of drug-likeness (QED) is 0.681. The van der Waals surface area contributed by atoms with Gasteiger partial charge in [0.05, 0.1) is 6.10 Å². The number of aryl methyl sites for hydroxylation is 2. The van der Waals surface area contributed by atoms with Crippen molar-refractivity contribution in [2.45, 2.75) is 31.9 Å². The molecule has 0 saturated carbocycles. The van der Waals surface area contributed by atoms with Crippen molar-refractivity contribution in [1.29, 1.82) is 0 Å². The minimum absolute atomic E-state index is 0.150. The third-order valence-electron chi connectivity index (χ3n) is 3.60. The first kappa shape index (κ1) is 14.6. The van der Waals surface area contributed by atoms with Crippen molar-refractivity contribution in [3.8, 4) is 0 Å². The van der Waals surface area contributed by atoms with Crippen LogP contribution in [0.15, 0.2) is 24.4 Å². The molecular formula is C15H20N2O3. The molecule has 0 bridgehead atoms. The highest BCUT2D eigenvalue weighted by Crippen LogP contribution is 2.34. The van der Waals surface area contributed by atoms with E-state index in [1.807, 2.05) is 19.2 Å². The molecule has 1 aliphatic carbocycles. The van der Waals surface area contributed by atoms with Crippen LogP contribution in [-0.2, 0) is 18.3 Å². The SMILES string of the molecule is CC(=O)O.Cn1cc2c3c(cccc31)[C@H](O)[C@@H](N)CC2. The van der Waals surface area contributed by atoms with Gasteiger partial charge in [-0.25, -0.2) is 0 Å². The lowest BCUT2D eigenvalue weighted by molar-refractivity contribution is -0.134. The molecule has 1 aromatic heterocycles. The highest BCUT2D eigenvalue weighted by atomic mass is 16.4. The monoisotopic (exact) mass is 276 g/mol. The van der Waals surface area contributed by atoms with Gasteiger partial charge in [0.15, 0.2) is 0 Å². The number of aliphatic hydroxyl groups is 1. The minimum atomic E-state index is -0.833. The fourth-order valence-electron chi connectivity index (χ4n) is 2.72. The van der Waals surface area contributed by atoms with Crippen LogP contribution < -0.4 is 5.73 Å². The standard InChI is InChI=1S/C13H16N2O.C2H4O2/c1-15-7-8-5-6-10(14)13(16)9-3-2-4-11(15)12(8)9;1-2(3)4/h2-4,7,10,13,16H,5-6,14H2,1H3;1H3,(H,3,4)/t10-,13-;/m0./s1. The Labute approximate surface area is 117 Å². The van der Waals surface area contributed by atoms with Gasteiger partial charge in [0, 0.05) is 37.1 Å². The molecule has 0 fully saturated rings. The van der Waals surface area contributed by atoms with E-state index >= 15 is 0 Å². The van der Waals surface area contributed by atoms with Gasteiger partial charge >= 0.3 is 0 Å². The normalized spacial score (nSPS) is 21.0. The summed E-state index contributed by atoms with van der Waals surface area (Å²) in [4.78, 5) is 9.00. The molecule has 0 spiro atoms. The summed E-state index contributed by atoms with van der Waals surface area (Å²) in [5, 5.41) is 18.8. The predicted octanol–water partition coefficient (Wildman–Crippen LogP) is 1.58. The number of aromatic nitrogens is 1. The summed E-state index contributed by atoms with van der Waals surface area (Å²) in [6.07, 6.45) is 3.41. The third-order valence-corrected chi connectivity index (χ3v) is 3.60. The van der Waals surface area contributed by atoms with Gasteiger partial charge in [0.25, 0.3) is 5.97 Å². The van der Waals surface area contributed by atoms with Crippen LogP contribution in [-0.4, -0.2) is 26.8 Å². The van der Waals surface area contributed by atoms with Gasteiger partial charge < -0.3 is 20.5 Å². The van der Waals surface area contributed by atoms with Crippen LogP contribution >= 0.6 is 0 Å². The first-order valence-electron chi connectivity index (χ1n) is 6.61. The van der Waals surface area contributed by atoms with E-state index in [-0.39, 0.29) is 6.04 Å². The second-order valence-electron chi connectivity index (χ2n) is 5.17. The zero-order valence-electron chi connectivity index (χ0n) is 11.7. The van der Waals surface area contributed by atoms with Crippen molar-refractivity contribution >= 4 is 16.9 Å². The van der Waals surface area contributed by atoms with Crippen molar-refractivity contribution in [3.63, 3.8) is 0 Å². The number of carboxylic acids is 1. The molecule has 1 heterocycles. The molecular weight excluding hydrogens is 256 g/mol. The van der Waals surface area contributed by atoms with Crippen LogP contribution in [0.2, 0.25) is 0 Å². The molecule has 5 nitrogen and oxygen atoms in total. The summed E-state index contributed by atoms with van der Waals surface area (Å²) >= 11 is 0. The second kappa shape index (κ2) is 5.64. The van der Waals surface area contributed by atoms with Gasteiger partial charge in [-0.15, -0.1) is 0 Å². The molecule has 0 saturated heterocycles. The highest BCUT2D eigenvalue weighted by Gasteiger charge is 2.25. The van der Waals surface area contributed by atoms with Crippen LogP contribution in [0, 0.1) is 0 Å². The summed E-state index contributed by atoms with van der Waals surface area (Å²) < 4.78 is 2.12. The summed E-state index contributed by atoms with van der Waals surface area (Å²) in [6, 6.07) is 5.92. The van der Waals surface area contributed by atoms with E-state index in [0.29, 0.717) is 0 Å². The summed E-state index contributed by atoms with van der Waals surface area (Å²) in [5.74, 6) is -0.833. The Balaban J connectivity index is 0.000000328. The smallest absolute Gasteiger partial charge is 0.300 e. The first-order valence-corrected chi connectivity index (χ1v) is 6.61. The number of carbonyl (C=O) groups is 1. The molecule has 3 rings (SSSR count). The van der Waals surface area contributed by atoms with Crippen molar-refractivity contribution in [3.05, 3.63) is 35.5 Å². The van der Waals surface area contributed by atoms with Gasteiger partial charge in [0.1, 0.15) is 0 Å². The Kier molecular flexibility index (Phi) is 4.11. The Morgan fingerprint density at radius 2 is 2.10 bits per heavy atom. The zero-order chi connectivity index (χ0) is 14.9. The molecule has 4 N–H and O–H groups in total. The molecule has 20 heavy (non-hydrogen) atoms. The van der Waals surface area contributed by atoms with Gasteiger partial charge in [0.2, 0.25) is 0 Å². The lowest BCUT2D eigenvalue weighted by atomic mass is 10.0. The Morgan fingerprint density at radius 1 is 1.45 bits per heavy atom.